The van der Waals surface area contributed by atoms with E-state index in [-0.39, 0.29) is 11.6 Å². The van der Waals surface area contributed by atoms with Crippen molar-refractivity contribution in [1.29, 1.82) is 0 Å². The van der Waals surface area contributed by atoms with Gasteiger partial charge in [0.2, 0.25) is 0 Å². The molecule has 5 nitrogen and oxygen atoms in total. The maximum Gasteiger partial charge on any atom is 0.282 e. The maximum atomic E-state index is 12.5. The SMILES string of the molecule is CCCC1(N)CN(S(=O)(=O)N2CCCCC2C)C1. The number of piperidine rings is 1. The highest BCUT2D eigenvalue weighted by Crippen LogP contribution is 2.30. The van der Waals surface area contributed by atoms with E-state index in [9.17, 15) is 8.42 Å². The molecule has 2 aliphatic rings. The Hall–Kier alpha value is -0.170. The van der Waals surface area contributed by atoms with Crippen LogP contribution in [0.4, 0.5) is 0 Å². The fourth-order valence-corrected chi connectivity index (χ4v) is 5.10. The molecule has 0 saturated carbocycles. The Labute approximate surface area is 110 Å². The highest BCUT2D eigenvalue weighted by molar-refractivity contribution is 7.86. The van der Waals surface area contributed by atoms with Crippen LogP contribution in [0.15, 0.2) is 0 Å². The van der Waals surface area contributed by atoms with Gasteiger partial charge in [-0.3, -0.25) is 0 Å². The van der Waals surface area contributed by atoms with Crippen molar-refractivity contribution in [2.24, 2.45) is 5.73 Å². The first-order chi connectivity index (χ1) is 8.39. The van der Waals surface area contributed by atoms with Crippen molar-refractivity contribution < 1.29 is 8.42 Å². The molecule has 2 N–H and O–H groups in total. The molecule has 2 fully saturated rings. The van der Waals surface area contributed by atoms with Gasteiger partial charge in [0, 0.05) is 31.2 Å². The second-order valence-electron chi connectivity index (χ2n) is 5.84. The third-order valence-electron chi connectivity index (χ3n) is 4.10. The molecule has 0 aromatic rings. The Bertz CT molecular complexity index is 390. The summed E-state index contributed by atoms with van der Waals surface area (Å²) in [5.74, 6) is 0. The molecule has 0 aromatic heterocycles. The summed E-state index contributed by atoms with van der Waals surface area (Å²) in [6, 6.07) is 0.127. The summed E-state index contributed by atoms with van der Waals surface area (Å²) in [5, 5.41) is 0. The number of nitrogens with zero attached hydrogens (tertiary/aromatic N) is 2. The highest BCUT2D eigenvalue weighted by Gasteiger charge is 2.47. The van der Waals surface area contributed by atoms with Gasteiger partial charge in [-0.15, -0.1) is 0 Å². The molecule has 0 radical (unpaired) electrons. The van der Waals surface area contributed by atoms with Crippen LogP contribution in [-0.2, 0) is 10.2 Å². The smallest absolute Gasteiger partial charge is 0.282 e. The van der Waals surface area contributed by atoms with Gasteiger partial charge in [-0.1, -0.05) is 19.8 Å². The van der Waals surface area contributed by atoms with Gasteiger partial charge in [0.05, 0.1) is 0 Å². The third-order valence-corrected chi connectivity index (χ3v) is 6.14. The molecule has 2 heterocycles. The molecule has 0 bridgehead atoms. The summed E-state index contributed by atoms with van der Waals surface area (Å²) in [4.78, 5) is 0. The van der Waals surface area contributed by atoms with Crippen molar-refractivity contribution in [3.05, 3.63) is 0 Å². The molecular formula is C12H25N3O2S. The Morgan fingerprint density at radius 3 is 2.56 bits per heavy atom. The number of hydrogen-bond donors (Lipinski definition) is 1. The topological polar surface area (TPSA) is 66.6 Å². The van der Waals surface area contributed by atoms with Gasteiger partial charge >= 0.3 is 0 Å². The van der Waals surface area contributed by atoms with E-state index in [0.717, 1.165) is 32.1 Å². The zero-order chi connectivity index (χ0) is 13.4. The van der Waals surface area contributed by atoms with Gasteiger partial charge in [-0.2, -0.15) is 17.0 Å². The van der Waals surface area contributed by atoms with Gasteiger partial charge < -0.3 is 5.73 Å². The summed E-state index contributed by atoms with van der Waals surface area (Å²) in [6.45, 7) is 5.70. The van der Waals surface area contributed by atoms with E-state index in [4.69, 9.17) is 5.73 Å². The largest absolute Gasteiger partial charge is 0.323 e. The first-order valence-electron chi connectivity index (χ1n) is 6.95. The fourth-order valence-electron chi connectivity index (χ4n) is 3.04. The second-order valence-corrected chi connectivity index (χ2v) is 7.72. The van der Waals surface area contributed by atoms with Gasteiger partial charge in [0.25, 0.3) is 10.2 Å². The third kappa shape index (κ3) is 2.57. The zero-order valence-corrected chi connectivity index (χ0v) is 12.2. The fraction of sp³-hybridized carbons (Fsp3) is 1.00. The average Bonchev–Trinajstić information content (AvgIpc) is 2.26. The molecular weight excluding hydrogens is 250 g/mol. The van der Waals surface area contributed by atoms with Crippen molar-refractivity contribution in [3.63, 3.8) is 0 Å². The molecule has 0 aromatic carbocycles. The molecule has 1 atom stereocenters. The summed E-state index contributed by atoms with van der Waals surface area (Å²) < 4.78 is 28.1. The van der Waals surface area contributed by atoms with Crippen LogP contribution in [0.1, 0.15) is 46.0 Å². The molecule has 2 saturated heterocycles. The second kappa shape index (κ2) is 5.07. The average molecular weight is 275 g/mol. The van der Waals surface area contributed by atoms with Crippen LogP contribution in [0.5, 0.6) is 0 Å². The van der Waals surface area contributed by atoms with Gasteiger partial charge in [-0.05, 0) is 26.2 Å². The molecule has 1 unspecified atom stereocenters. The Morgan fingerprint density at radius 1 is 1.33 bits per heavy atom. The highest BCUT2D eigenvalue weighted by atomic mass is 32.2. The number of hydrogen-bond acceptors (Lipinski definition) is 3. The van der Waals surface area contributed by atoms with E-state index in [1.165, 1.54) is 0 Å². The van der Waals surface area contributed by atoms with Gasteiger partial charge in [0.15, 0.2) is 0 Å². The normalized spacial score (nSPS) is 30.1. The first-order valence-corrected chi connectivity index (χ1v) is 8.34. The minimum absolute atomic E-state index is 0.127. The molecule has 0 aliphatic carbocycles. The molecule has 18 heavy (non-hydrogen) atoms. The van der Waals surface area contributed by atoms with E-state index >= 15 is 0 Å². The lowest BCUT2D eigenvalue weighted by Gasteiger charge is -2.49. The van der Waals surface area contributed by atoms with Crippen molar-refractivity contribution >= 4 is 10.2 Å². The van der Waals surface area contributed by atoms with Crippen molar-refractivity contribution in [1.82, 2.24) is 8.61 Å². The van der Waals surface area contributed by atoms with Gasteiger partial charge in [0.1, 0.15) is 0 Å². The lowest BCUT2D eigenvalue weighted by Crippen LogP contribution is -2.70. The molecule has 0 amide bonds. The van der Waals surface area contributed by atoms with Crippen LogP contribution < -0.4 is 5.73 Å². The summed E-state index contributed by atoms with van der Waals surface area (Å²) in [6.07, 6.45) is 4.97. The minimum atomic E-state index is -3.28. The number of nitrogens with two attached hydrogens (primary N) is 1. The summed E-state index contributed by atoms with van der Waals surface area (Å²) in [7, 11) is -3.28. The molecule has 2 rings (SSSR count). The molecule has 0 spiro atoms. The molecule has 2 aliphatic heterocycles. The minimum Gasteiger partial charge on any atom is -0.323 e. The van der Waals surface area contributed by atoms with E-state index in [2.05, 4.69) is 6.92 Å². The molecule has 106 valence electrons. The summed E-state index contributed by atoms with van der Waals surface area (Å²) >= 11 is 0. The van der Waals surface area contributed by atoms with Crippen LogP contribution in [0.2, 0.25) is 0 Å². The zero-order valence-electron chi connectivity index (χ0n) is 11.4. The standard InChI is InChI=1S/C12H25N3O2S/c1-3-7-12(13)9-14(10-12)18(16,17)15-8-5-4-6-11(15)2/h11H,3-10,13H2,1-2H3. The predicted molar refractivity (Wildman–Crippen MR) is 72.3 cm³/mol. The Kier molecular flexibility index (Phi) is 4.02. The molecule has 6 heteroatoms. The first kappa shape index (κ1) is 14.2. The Morgan fingerprint density at radius 2 is 2.00 bits per heavy atom. The van der Waals surface area contributed by atoms with E-state index in [0.29, 0.717) is 19.6 Å². The summed E-state index contributed by atoms with van der Waals surface area (Å²) in [5.41, 5.74) is 5.85. The van der Waals surface area contributed by atoms with Crippen LogP contribution >= 0.6 is 0 Å². The Balaban J connectivity index is 2.01. The van der Waals surface area contributed by atoms with Crippen molar-refractivity contribution in [3.8, 4) is 0 Å². The lowest BCUT2D eigenvalue weighted by molar-refractivity contribution is 0.129. The number of rotatable bonds is 4. The predicted octanol–water partition coefficient (Wildman–Crippen LogP) is 0.919. The van der Waals surface area contributed by atoms with Crippen LogP contribution in [0.25, 0.3) is 0 Å². The van der Waals surface area contributed by atoms with Crippen LogP contribution in [0, 0.1) is 0 Å². The van der Waals surface area contributed by atoms with Gasteiger partial charge in [-0.25, -0.2) is 0 Å². The quantitative estimate of drug-likeness (QED) is 0.829. The van der Waals surface area contributed by atoms with E-state index in [1.54, 1.807) is 8.61 Å². The van der Waals surface area contributed by atoms with Crippen LogP contribution in [0.3, 0.4) is 0 Å². The maximum absolute atomic E-state index is 12.5. The van der Waals surface area contributed by atoms with Crippen molar-refractivity contribution in [2.45, 2.75) is 57.5 Å². The van der Waals surface area contributed by atoms with Crippen LogP contribution in [-0.4, -0.2) is 48.2 Å². The van der Waals surface area contributed by atoms with Crippen molar-refractivity contribution in [2.75, 3.05) is 19.6 Å². The monoisotopic (exact) mass is 275 g/mol. The van der Waals surface area contributed by atoms with E-state index in [1.807, 2.05) is 6.92 Å². The van der Waals surface area contributed by atoms with E-state index < -0.39 is 10.2 Å². The lowest BCUT2D eigenvalue weighted by atomic mass is 9.89.